The van der Waals surface area contributed by atoms with Gasteiger partial charge in [0.05, 0.1) is 0 Å². The number of amides is 3. The number of hydrogen-bond donors (Lipinski definition) is 6. The van der Waals surface area contributed by atoms with Crippen LogP contribution in [0.2, 0.25) is 0 Å². The van der Waals surface area contributed by atoms with E-state index in [0.717, 1.165) is 16.2 Å². The van der Waals surface area contributed by atoms with Gasteiger partial charge in [-0.2, -0.15) is 4.40 Å². The number of carboxylic acids is 2. The van der Waals surface area contributed by atoms with Crippen molar-refractivity contribution in [3.8, 4) is 0 Å². The van der Waals surface area contributed by atoms with E-state index in [1.54, 1.807) is 16.1 Å². The minimum Gasteiger partial charge on any atom is -0.478 e. The minimum atomic E-state index is -1.39. The van der Waals surface area contributed by atoms with E-state index in [2.05, 4.69) is 15.5 Å². The molecule has 43 heavy (non-hydrogen) atoms. The second kappa shape index (κ2) is 11.6. The van der Waals surface area contributed by atoms with Crippen LogP contribution in [0.25, 0.3) is 4.83 Å². The molecule has 2 aliphatic rings. The SMILES string of the molecule is C[C@H](O/N=C(\C(=O)N[C@@H]1C(=O)N2C(C(=O)O)=C(C[n+]3cc4scc(C(N)=O)n4c3CO)CS[C@H]12)c1csc(N)n1)C(=O)O. The largest absolute Gasteiger partial charge is 0.478 e. The van der Waals surface area contributed by atoms with Crippen molar-refractivity contribution in [2.24, 2.45) is 10.9 Å². The topological polar surface area (TPSA) is 256 Å². The van der Waals surface area contributed by atoms with Gasteiger partial charge in [0, 0.05) is 22.1 Å². The van der Waals surface area contributed by atoms with Gasteiger partial charge in [0.25, 0.3) is 23.5 Å². The number of thioether (sulfide) groups is 1. The van der Waals surface area contributed by atoms with E-state index in [-0.39, 0.29) is 34.5 Å². The summed E-state index contributed by atoms with van der Waals surface area (Å²) < 4.78 is 3.07. The molecule has 3 aromatic heterocycles. The summed E-state index contributed by atoms with van der Waals surface area (Å²) in [5, 5.41) is 37.6. The third kappa shape index (κ3) is 5.40. The number of anilines is 1. The number of carbonyl (C=O) groups excluding carboxylic acids is 3. The van der Waals surface area contributed by atoms with Gasteiger partial charge in [-0.15, -0.1) is 23.1 Å². The molecule has 226 valence electrons. The van der Waals surface area contributed by atoms with Crippen LogP contribution in [0.15, 0.2) is 33.4 Å². The molecule has 8 N–H and O–H groups in total. The lowest BCUT2D eigenvalue weighted by atomic mass is 10.0. The van der Waals surface area contributed by atoms with Crippen LogP contribution in [-0.2, 0) is 37.2 Å². The monoisotopic (exact) mass is 651 g/mol. The van der Waals surface area contributed by atoms with Crippen molar-refractivity contribution in [1.82, 2.24) is 19.6 Å². The van der Waals surface area contributed by atoms with Gasteiger partial charge in [-0.1, -0.05) is 16.5 Å². The quantitative estimate of drug-likeness (QED) is 0.0603. The molecule has 2 aliphatic heterocycles. The Morgan fingerprint density at radius 2 is 2.02 bits per heavy atom. The highest BCUT2D eigenvalue weighted by molar-refractivity contribution is 8.00. The zero-order valence-electron chi connectivity index (χ0n) is 22.0. The molecule has 0 aromatic carbocycles. The van der Waals surface area contributed by atoms with Crippen molar-refractivity contribution < 1.29 is 48.7 Å². The van der Waals surface area contributed by atoms with Crippen LogP contribution in [0.1, 0.15) is 28.9 Å². The first-order chi connectivity index (χ1) is 20.4. The first-order valence-electron chi connectivity index (χ1n) is 12.2. The fraction of sp³-hybridized carbons (Fsp3) is 0.304. The van der Waals surface area contributed by atoms with Crippen molar-refractivity contribution in [1.29, 1.82) is 0 Å². The highest BCUT2D eigenvalue weighted by Crippen LogP contribution is 2.40. The fourth-order valence-corrected chi connectivity index (χ4v) is 7.33. The summed E-state index contributed by atoms with van der Waals surface area (Å²) in [6.07, 6.45) is 0.255. The summed E-state index contributed by atoms with van der Waals surface area (Å²) in [4.78, 5) is 72.3. The maximum absolute atomic E-state index is 13.2. The maximum Gasteiger partial charge on any atom is 0.352 e. The van der Waals surface area contributed by atoms with E-state index in [4.69, 9.17) is 21.4 Å². The van der Waals surface area contributed by atoms with Gasteiger partial charge in [-0.3, -0.25) is 19.3 Å². The zero-order valence-corrected chi connectivity index (χ0v) is 24.4. The van der Waals surface area contributed by atoms with E-state index in [1.807, 2.05) is 0 Å². The molecule has 3 atom stereocenters. The molecule has 0 unspecified atom stereocenters. The maximum atomic E-state index is 13.2. The lowest BCUT2D eigenvalue weighted by Crippen LogP contribution is -2.71. The number of aromatic nitrogens is 3. The number of fused-ring (bicyclic) bond motifs is 2. The standard InChI is InChI=1S/C23H22N8O9S3/c1-8(21(36)37)40-28-14(10-6-43-23(25)26-10)18(34)27-15-19(35)31-16(22(38)39)9(5-42-20(15)31)2-29-3-13-30(12(29)4-32)11(7-41-13)17(24)33/h3,6-8,15,20,32H,2,4-5H2,1H3,(H6-,24,25,26,27,33,34,36,37,38,39)/p+1/b28-14-/t8-,15+,20+/m0/s1. The number of imidazole rings is 1. The number of oxime groups is 1. The van der Waals surface area contributed by atoms with Crippen LogP contribution < -0.4 is 21.4 Å². The third-order valence-electron chi connectivity index (χ3n) is 6.53. The Kier molecular flexibility index (Phi) is 8.10. The van der Waals surface area contributed by atoms with Gasteiger partial charge in [0.1, 0.15) is 42.2 Å². The molecule has 5 rings (SSSR count). The molecule has 20 heteroatoms. The van der Waals surface area contributed by atoms with Crippen LogP contribution in [0.3, 0.4) is 0 Å². The van der Waals surface area contributed by atoms with E-state index >= 15 is 0 Å². The molecule has 1 fully saturated rings. The summed E-state index contributed by atoms with van der Waals surface area (Å²) in [7, 11) is 0. The molecule has 3 aromatic rings. The number of nitrogens with two attached hydrogens (primary N) is 2. The smallest absolute Gasteiger partial charge is 0.352 e. The van der Waals surface area contributed by atoms with Crippen molar-refractivity contribution >= 4 is 79.8 Å². The average Bonchev–Trinajstić information content (AvgIpc) is 3.66. The predicted molar refractivity (Wildman–Crippen MR) is 151 cm³/mol. The number of thiazole rings is 2. The summed E-state index contributed by atoms with van der Waals surface area (Å²) in [6.45, 7) is 0.721. The normalized spacial score (nSPS) is 19.2. The molecule has 5 heterocycles. The second-order valence-corrected chi connectivity index (χ2v) is 12.1. The Bertz CT molecular complexity index is 1740. The summed E-state index contributed by atoms with van der Waals surface area (Å²) in [6, 6.07) is -1.13. The van der Waals surface area contributed by atoms with Gasteiger partial charge < -0.3 is 36.9 Å². The number of aliphatic hydroxyl groups is 1. The number of aliphatic carboxylic acids is 2. The lowest BCUT2D eigenvalue weighted by molar-refractivity contribution is -0.696. The number of β-lactam (4-membered cyclic amide) rings is 1. The van der Waals surface area contributed by atoms with Gasteiger partial charge in [-0.05, 0) is 6.92 Å². The van der Waals surface area contributed by atoms with Gasteiger partial charge >= 0.3 is 11.9 Å². The fourth-order valence-electron chi connectivity index (χ4n) is 4.50. The number of aliphatic hydroxyl groups excluding tert-OH is 1. The van der Waals surface area contributed by atoms with E-state index in [1.165, 1.54) is 39.8 Å². The Morgan fingerprint density at radius 1 is 1.28 bits per heavy atom. The average molecular weight is 652 g/mol. The number of nitrogens with one attached hydrogen (secondary N) is 1. The predicted octanol–water partition coefficient (Wildman–Crippen LogP) is -1.45. The Hall–Kier alpha value is -4.53. The van der Waals surface area contributed by atoms with Crippen LogP contribution in [0, 0.1) is 0 Å². The molecular weight excluding hydrogens is 629 g/mol. The van der Waals surface area contributed by atoms with Crippen molar-refractivity contribution in [3.05, 3.63) is 45.4 Å². The summed E-state index contributed by atoms with van der Waals surface area (Å²) >= 11 is 3.43. The van der Waals surface area contributed by atoms with Crippen molar-refractivity contribution in [3.63, 3.8) is 0 Å². The van der Waals surface area contributed by atoms with Crippen LogP contribution in [0.4, 0.5) is 5.13 Å². The molecule has 1 saturated heterocycles. The van der Waals surface area contributed by atoms with Gasteiger partial charge in [-0.25, -0.2) is 19.1 Å². The molecule has 0 spiro atoms. The second-order valence-electron chi connectivity index (χ2n) is 9.21. The molecule has 17 nitrogen and oxygen atoms in total. The van der Waals surface area contributed by atoms with Gasteiger partial charge in [0.15, 0.2) is 10.8 Å². The number of nitrogens with zero attached hydrogens (tertiary/aromatic N) is 5. The first kappa shape index (κ1) is 29.9. The highest BCUT2D eigenvalue weighted by Gasteiger charge is 2.54. The summed E-state index contributed by atoms with van der Waals surface area (Å²) in [5.74, 6) is -4.53. The van der Waals surface area contributed by atoms with Crippen molar-refractivity contribution in [2.45, 2.75) is 37.6 Å². The van der Waals surface area contributed by atoms with Gasteiger partial charge in [0.2, 0.25) is 16.6 Å². The molecule has 3 amide bonds. The highest BCUT2D eigenvalue weighted by atomic mass is 32.2. The zero-order chi connectivity index (χ0) is 31.2. The van der Waals surface area contributed by atoms with E-state index in [9.17, 15) is 34.2 Å². The molecular formula is C23H23N8O9S3+. The molecule has 0 saturated carbocycles. The Morgan fingerprint density at radius 3 is 2.63 bits per heavy atom. The van der Waals surface area contributed by atoms with E-state index in [0.29, 0.717) is 16.2 Å². The number of rotatable bonds is 11. The Balaban J connectivity index is 1.39. The summed E-state index contributed by atoms with van der Waals surface area (Å²) in [5.41, 5.74) is 10.9. The molecule has 0 aliphatic carbocycles. The third-order valence-corrected chi connectivity index (χ3v) is 9.41. The number of carboxylic acid groups (broad SMARTS) is 2. The van der Waals surface area contributed by atoms with Crippen molar-refractivity contribution in [2.75, 3.05) is 11.5 Å². The van der Waals surface area contributed by atoms with Crippen LogP contribution in [-0.4, -0.2) is 88.2 Å². The minimum absolute atomic E-state index is 0.00500. The molecule has 0 radical (unpaired) electrons. The lowest BCUT2D eigenvalue weighted by Gasteiger charge is -2.49. The number of carbonyl (C=O) groups is 5. The Labute approximate surface area is 253 Å². The van der Waals surface area contributed by atoms with Crippen LogP contribution in [0.5, 0.6) is 0 Å². The molecule has 0 bridgehead atoms. The van der Waals surface area contributed by atoms with Crippen LogP contribution >= 0.6 is 34.4 Å². The van der Waals surface area contributed by atoms with E-state index < -0.39 is 59.5 Å². The number of nitrogen functional groups attached to an aromatic ring is 1. The number of hydrogen-bond acceptors (Lipinski definition) is 13. The first-order valence-corrected chi connectivity index (χ1v) is 15.0. The number of primary amides is 1.